The van der Waals surface area contributed by atoms with Gasteiger partial charge in [-0.3, -0.25) is 4.90 Å². The Labute approximate surface area is 103 Å². The average Bonchev–Trinajstić information content (AvgIpc) is 2.75. The van der Waals surface area contributed by atoms with Gasteiger partial charge in [-0.05, 0) is 38.1 Å². The van der Waals surface area contributed by atoms with Crippen molar-refractivity contribution in [3.05, 3.63) is 34.1 Å². The molecule has 4 heteroatoms. The summed E-state index contributed by atoms with van der Waals surface area (Å²) < 4.78 is 14.4. The van der Waals surface area contributed by atoms with Crippen molar-refractivity contribution < 1.29 is 4.39 Å². The first kappa shape index (κ1) is 11.6. The van der Waals surface area contributed by atoms with Gasteiger partial charge in [-0.25, -0.2) is 4.39 Å². The molecule has 1 aromatic carbocycles. The third-order valence-electron chi connectivity index (χ3n) is 2.89. The van der Waals surface area contributed by atoms with Gasteiger partial charge < -0.3 is 0 Å². The molecule has 1 aliphatic rings. The van der Waals surface area contributed by atoms with Crippen molar-refractivity contribution in [1.29, 1.82) is 5.26 Å². The molecule has 1 aliphatic heterocycles. The molecule has 0 N–H and O–H groups in total. The fraction of sp³-hybridized carbons (Fsp3) is 0.417. The van der Waals surface area contributed by atoms with E-state index in [4.69, 9.17) is 5.26 Å². The first-order valence-electron chi connectivity index (χ1n) is 5.31. The Morgan fingerprint density at radius 2 is 2.06 bits per heavy atom. The second-order valence-electron chi connectivity index (χ2n) is 3.94. The topological polar surface area (TPSA) is 27.0 Å². The highest BCUT2D eigenvalue weighted by Gasteiger charge is 2.25. The lowest BCUT2D eigenvalue weighted by Gasteiger charge is -2.21. The van der Waals surface area contributed by atoms with Crippen LogP contribution in [0.4, 0.5) is 4.39 Å². The van der Waals surface area contributed by atoms with E-state index in [1.54, 1.807) is 12.1 Å². The summed E-state index contributed by atoms with van der Waals surface area (Å²) in [6.45, 7) is 1.77. The van der Waals surface area contributed by atoms with Crippen LogP contribution < -0.4 is 0 Å². The van der Waals surface area contributed by atoms with Gasteiger partial charge in [0.1, 0.15) is 11.9 Å². The number of hydrogen-bond acceptors (Lipinski definition) is 2. The quantitative estimate of drug-likeness (QED) is 0.833. The predicted octanol–water partition coefficient (Wildman–Crippen LogP) is 3.25. The molecular weight excluding hydrogens is 271 g/mol. The number of benzene rings is 1. The van der Waals surface area contributed by atoms with Crippen LogP contribution in [-0.4, -0.2) is 18.0 Å². The van der Waals surface area contributed by atoms with Crippen molar-refractivity contribution in [1.82, 2.24) is 4.90 Å². The summed E-state index contributed by atoms with van der Waals surface area (Å²) in [6.07, 6.45) is 2.19. The normalized spacial score (nSPS) is 18.3. The van der Waals surface area contributed by atoms with Crippen LogP contribution in [0.1, 0.15) is 24.4 Å². The van der Waals surface area contributed by atoms with Crippen molar-refractivity contribution >= 4 is 15.9 Å². The molecule has 1 heterocycles. The summed E-state index contributed by atoms with van der Waals surface area (Å²) in [5.41, 5.74) is 0.479. The number of likely N-dealkylation sites (tertiary alicyclic amines) is 1. The van der Waals surface area contributed by atoms with Crippen LogP contribution in [0.2, 0.25) is 0 Å². The Morgan fingerprint density at radius 1 is 1.38 bits per heavy atom. The van der Waals surface area contributed by atoms with Crippen LogP contribution in [0.3, 0.4) is 0 Å². The standard InChI is InChI=1S/C12H12BrFN2/c13-9-3-4-10(11(14)7-9)12(8-15)16-5-1-2-6-16/h3-4,7,12H,1-2,5-6H2. The minimum absolute atomic E-state index is 0.312. The molecule has 1 saturated heterocycles. The maximum atomic E-state index is 13.7. The lowest BCUT2D eigenvalue weighted by atomic mass is 10.1. The van der Waals surface area contributed by atoms with Crippen molar-refractivity contribution in [3.8, 4) is 6.07 Å². The molecule has 0 spiro atoms. The second kappa shape index (κ2) is 4.94. The molecule has 1 aromatic rings. The highest BCUT2D eigenvalue weighted by atomic mass is 79.9. The number of halogens is 2. The lowest BCUT2D eigenvalue weighted by Crippen LogP contribution is -2.25. The zero-order valence-electron chi connectivity index (χ0n) is 8.79. The van der Waals surface area contributed by atoms with E-state index in [1.165, 1.54) is 6.07 Å². The van der Waals surface area contributed by atoms with E-state index in [0.29, 0.717) is 10.0 Å². The fourth-order valence-corrected chi connectivity index (χ4v) is 2.40. The molecule has 0 bridgehead atoms. The van der Waals surface area contributed by atoms with Crippen LogP contribution in [0.5, 0.6) is 0 Å². The Morgan fingerprint density at radius 3 is 2.62 bits per heavy atom. The monoisotopic (exact) mass is 282 g/mol. The van der Waals surface area contributed by atoms with Gasteiger partial charge in [-0.2, -0.15) is 5.26 Å². The van der Waals surface area contributed by atoms with Crippen molar-refractivity contribution in [2.45, 2.75) is 18.9 Å². The van der Waals surface area contributed by atoms with Crippen LogP contribution in [-0.2, 0) is 0 Å². The van der Waals surface area contributed by atoms with Gasteiger partial charge in [-0.1, -0.05) is 22.0 Å². The minimum Gasteiger partial charge on any atom is -0.284 e. The van der Waals surface area contributed by atoms with E-state index in [1.807, 2.05) is 4.90 Å². The van der Waals surface area contributed by atoms with Gasteiger partial charge in [0.05, 0.1) is 6.07 Å². The number of nitrogens with zero attached hydrogens (tertiary/aromatic N) is 2. The van der Waals surface area contributed by atoms with Crippen LogP contribution in [0.15, 0.2) is 22.7 Å². The zero-order valence-corrected chi connectivity index (χ0v) is 10.4. The summed E-state index contributed by atoms with van der Waals surface area (Å²) in [4.78, 5) is 2.03. The van der Waals surface area contributed by atoms with Gasteiger partial charge >= 0.3 is 0 Å². The summed E-state index contributed by atoms with van der Waals surface area (Å²) in [5.74, 6) is -0.312. The first-order valence-corrected chi connectivity index (χ1v) is 6.10. The van der Waals surface area contributed by atoms with Crippen LogP contribution >= 0.6 is 15.9 Å². The molecular formula is C12H12BrFN2. The van der Waals surface area contributed by atoms with Gasteiger partial charge in [0.15, 0.2) is 0 Å². The predicted molar refractivity (Wildman–Crippen MR) is 63.3 cm³/mol. The summed E-state index contributed by atoms with van der Waals surface area (Å²) in [7, 11) is 0. The molecule has 0 saturated carbocycles. The van der Waals surface area contributed by atoms with Crippen LogP contribution in [0, 0.1) is 17.1 Å². The van der Waals surface area contributed by atoms with E-state index >= 15 is 0 Å². The van der Waals surface area contributed by atoms with Gasteiger partial charge in [0, 0.05) is 10.0 Å². The highest BCUT2D eigenvalue weighted by molar-refractivity contribution is 9.10. The van der Waals surface area contributed by atoms with Gasteiger partial charge in [0.2, 0.25) is 0 Å². The highest BCUT2D eigenvalue weighted by Crippen LogP contribution is 2.27. The fourth-order valence-electron chi connectivity index (χ4n) is 2.07. The molecule has 1 atom stereocenters. The summed E-state index contributed by atoms with van der Waals surface area (Å²) in [5, 5.41) is 9.16. The molecule has 0 radical (unpaired) electrons. The number of hydrogen-bond donors (Lipinski definition) is 0. The Balaban J connectivity index is 2.30. The number of rotatable bonds is 2. The van der Waals surface area contributed by atoms with Crippen LogP contribution in [0.25, 0.3) is 0 Å². The van der Waals surface area contributed by atoms with Crippen molar-refractivity contribution in [2.75, 3.05) is 13.1 Å². The first-order chi connectivity index (χ1) is 7.72. The third-order valence-corrected chi connectivity index (χ3v) is 3.38. The molecule has 2 rings (SSSR count). The number of nitriles is 1. The lowest BCUT2D eigenvalue weighted by molar-refractivity contribution is 0.288. The van der Waals surface area contributed by atoms with E-state index in [9.17, 15) is 4.39 Å². The summed E-state index contributed by atoms with van der Waals surface area (Å²) >= 11 is 3.21. The largest absolute Gasteiger partial charge is 0.284 e. The van der Waals surface area contributed by atoms with E-state index in [0.717, 1.165) is 25.9 Å². The molecule has 1 fully saturated rings. The molecule has 84 valence electrons. The minimum atomic E-state index is -0.449. The molecule has 16 heavy (non-hydrogen) atoms. The average molecular weight is 283 g/mol. The Bertz CT molecular complexity index is 422. The maximum absolute atomic E-state index is 13.7. The molecule has 1 unspecified atom stereocenters. The molecule has 2 nitrogen and oxygen atoms in total. The second-order valence-corrected chi connectivity index (χ2v) is 4.86. The van der Waals surface area contributed by atoms with E-state index in [-0.39, 0.29) is 5.82 Å². The van der Waals surface area contributed by atoms with Crippen molar-refractivity contribution in [2.24, 2.45) is 0 Å². The van der Waals surface area contributed by atoms with Crippen molar-refractivity contribution in [3.63, 3.8) is 0 Å². The van der Waals surface area contributed by atoms with E-state index < -0.39 is 6.04 Å². The summed E-state index contributed by atoms with van der Waals surface area (Å²) in [6, 6.07) is 6.62. The third kappa shape index (κ3) is 2.26. The smallest absolute Gasteiger partial charge is 0.130 e. The molecule has 0 aromatic heterocycles. The maximum Gasteiger partial charge on any atom is 0.130 e. The Hall–Kier alpha value is -0.920. The molecule has 0 amide bonds. The van der Waals surface area contributed by atoms with Gasteiger partial charge in [-0.15, -0.1) is 0 Å². The van der Waals surface area contributed by atoms with E-state index in [2.05, 4.69) is 22.0 Å². The Kier molecular flexibility index (Phi) is 3.57. The zero-order chi connectivity index (χ0) is 11.5. The molecule has 0 aliphatic carbocycles. The SMILES string of the molecule is N#CC(c1ccc(Br)cc1F)N1CCCC1. The van der Waals surface area contributed by atoms with Gasteiger partial charge in [0.25, 0.3) is 0 Å².